The molecule has 1 aliphatic carbocycles. The Labute approximate surface area is 100.0 Å². The van der Waals surface area contributed by atoms with E-state index in [4.69, 9.17) is 5.73 Å². The third-order valence-corrected chi connectivity index (χ3v) is 3.17. The molecule has 5 nitrogen and oxygen atoms in total. The first-order valence-corrected chi connectivity index (χ1v) is 5.85. The maximum Gasteiger partial charge on any atom is 0.312 e. The van der Waals surface area contributed by atoms with Gasteiger partial charge in [-0.25, -0.2) is 4.79 Å². The molecule has 0 fully saturated rings. The molecule has 17 heavy (non-hydrogen) atoms. The van der Waals surface area contributed by atoms with Crippen molar-refractivity contribution in [2.24, 2.45) is 5.73 Å². The molecular weight excluding hydrogens is 218 g/mol. The minimum Gasteiger partial charge on any atom is -0.352 e. The molecule has 2 rings (SSSR count). The molecule has 0 bridgehead atoms. The van der Waals surface area contributed by atoms with Crippen molar-refractivity contribution in [3.05, 3.63) is 23.0 Å². The van der Waals surface area contributed by atoms with Crippen molar-refractivity contribution in [3.8, 4) is 0 Å². The monoisotopic (exact) mass is 235 g/mol. The van der Waals surface area contributed by atoms with E-state index >= 15 is 0 Å². The molecule has 92 valence electrons. The second-order valence-corrected chi connectivity index (χ2v) is 4.37. The average molecular weight is 235 g/mol. The maximum atomic E-state index is 11.7. The Hall–Kier alpha value is -1.78. The maximum absolute atomic E-state index is 11.7. The third kappa shape index (κ3) is 2.33. The Morgan fingerprint density at radius 1 is 1.53 bits per heavy atom. The Morgan fingerprint density at radius 3 is 3.00 bits per heavy atom. The van der Waals surface area contributed by atoms with Crippen molar-refractivity contribution in [1.82, 2.24) is 9.88 Å². The van der Waals surface area contributed by atoms with Crippen LogP contribution in [0.25, 0.3) is 0 Å². The van der Waals surface area contributed by atoms with Gasteiger partial charge in [-0.1, -0.05) is 0 Å². The molecule has 0 aliphatic heterocycles. The molecule has 3 N–H and O–H groups in total. The summed E-state index contributed by atoms with van der Waals surface area (Å²) < 4.78 is 2.10. The number of nitrogens with two attached hydrogens (primary N) is 1. The number of amides is 2. The van der Waals surface area contributed by atoms with Gasteiger partial charge in [0.25, 0.3) is 0 Å². The molecule has 5 heteroatoms. The van der Waals surface area contributed by atoms with E-state index in [9.17, 15) is 9.59 Å². The van der Waals surface area contributed by atoms with Crippen LogP contribution in [0.1, 0.15) is 34.6 Å². The minimum absolute atomic E-state index is 0.232. The highest BCUT2D eigenvalue weighted by Gasteiger charge is 2.22. The number of hydrogen-bond acceptors (Lipinski definition) is 2. The highest BCUT2D eigenvalue weighted by atomic mass is 16.2. The molecule has 0 spiro atoms. The van der Waals surface area contributed by atoms with Gasteiger partial charge in [0.2, 0.25) is 0 Å². The summed E-state index contributed by atoms with van der Waals surface area (Å²) in [5, 5.41) is 2.56. The van der Waals surface area contributed by atoms with Crippen molar-refractivity contribution in [2.75, 3.05) is 6.54 Å². The van der Waals surface area contributed by atoms with E-state index < -0.39 is 6.03 Å². The average Bonchev–Trinajstić information content (AvgIpc) is 2.57. The predicted octanol–water partition coefficient (Wildman–Crippen LogP) is 0.984. The van der Waals surface area contributed by atoms with Crippen molar-refractivity contribution in [1.29, 1.82) is 0 Å². The molecule has 0 aromatic carbocycles. The summed E-state index contributed by atoms with van der Waals surface area (Å²) in [7, 11) is 0. The van der Waals surface area contributed by atoms with Crippen LogP contribution in [0.4, 0.5) is 4.79 Å². The van der Waals surface area contributed by atoms with Crippen LogP contribution < -0.4 is 11.1 Å². The molecule has 0 saturated carbocycles. The van der Waals surface area contributed by atoms with Crippen LogP contribution in [0.2, 0.25) is 0 Å². The van der Waals surface area contributed by atoms with Crippen molar-refractivity contribution < 1.29 is 9.59 Å². The number of primary amides is 1. The number of urea groups is 1. The molecule has 0 atom stereocenters. The number of nitrogens with one attached hydrogen (secondary N) is 1. The molecule has 0 radical (unpaired) electrons. The first kappa shape index (κ1) is 11.7. The van der Waals surface area contributed by atoms with Crippen molar-refractivity contribution in [3.63, 3.8) is 0 Å². The number of ketones is 1. The van der Waals surface area contributed by atoms with Crippen LogP contribution in [-0.4, -0.2) is 22.9 Å². The molecule has 1 aliphatic rings. The van der Waals surface area contributed by atoms with Crippen LogP contribution in [0.3, 0.4) is 0 Å². The standard InChI is InChI=1S/C12H17N3O2/c1-8-7-9-10(3-2-4-11(9)16)15(8)6-5-14-12(13)17/h7H,2-6H2,1H3,(H3,13,14,17). The highest BCUT2D eigenvalue weighted by molar-refractivity contribution is 5.98. The van der Waals surface area contributed by atoms with Gasteiger partial charge in [-0.2, -0.15) is 0 Å². The van der Waals surface area contributed by atoms with E-state index in [0.29, 0.717) is 19.5 Å². The second kappa shape index (κ2) is 4.61. The van der Waals surface area contributed by atoms with Gasteiger partial charge in [-0.05, 0) is 25.8 Å². The first-order chi connectivity index (χ1) is 8.09. The number of carbonyl (C=O) groups excluding carboxylic acids is 2. The lowest BCUT2D eigenvalue weighted by molar-refractivity contribution is 0.0971. The first-order valence-electron chi connectivity index (χ1n) is 5.85. The van der Waals surface area contributed by atoms with E-state index in [-0.39, 0.29) is 5.78 Å². The zero-order valence-corrected chi connectivity index (χ0v) is 9.95. The predicted molar refractivity (Wildman–Crippen MR) is 64.0 cm³/mol. The number of rotatable bonds is 3. The summed E-state index contributed by atoms with van der Waals surface area (Å²) in [6.45, 7) is 3.14. The normalized spacial score (nSPS) is 14.5. The Morgan fingerprint density at radius 2 is 2.29 bits per heavy atom. The van der Waals surface area contributed by atoms with Gasteiger partial charge in [0.1, 0.15) is 0 Å². The van der Waals surface area contributed by atoms with Gasteiger partial charge < -0.3 is 15.6 Å². The highest BCUT2D eigenvalue weighted by Crippen LogP contribution is 2.24. The number of aryl methyl sites for hydroxylation is 1. The van der Waals surface area contributed by atoms with E-state index in [1.54, 1.807) is 0 Å². The quantitative estimate of drug-likeness (QED) is 0.819. The van der Waals surface area contributed by atoms with Gasteiger partial charge in [0.05, 0.1) is 0 Å². The molecule has 1 aromatic rings. The fourth-order valence-corrected chi connectivity index (χ4v) is 2.39. The molecule has 2 amide bonds. The van der Waals surface area contributed by atoms with Crippen molar-refractivity contribution in [2.45, 2.75) is 32.7 Å². The van der Waals surface area contributed by atoms with Gasteiger partial charge >= 0.3 is 6.03 Å². The number of aromatic nitrogens is 1. The summed E-state index contributed by atoms with van der Waals surface area (Å²) in [6, 6.07) is 1.43. The molecule has 1 heterocycles. The van der Waals surface area contributed by atoms with Crippen LogP contribution in [-0.2, 0) is 13.0 Å². The lowest BCUT2D eigenvalue weighted by Crippen LogP contribution is -2.32. The Balaban J connectivity index is 2.17. The Bertz CT molecular complexity index is 463. The number of fused-ring (bicyclic) bond motifs is 1. The molecule has 0 saturated heterocycles. The minimum atomic E-state index is -0.514. The summed E-state index contributed by atoms with van der Waals surface area (Å²) in [5.41, 5.74) is 8.04. The lowest BCUT2D eigenvalue weighted by Gasteiger charge is -2.15. The SMILES string of the molecule is Cc1cc2c(n1CCNC(N)=O)CCCC2=O. The van der Waals surface area contributed by atoms with E-state index in [1.807, 2.05) is 13.0 Å². The molecular formula is C12H17N3O2. The fourth-order valence-electron chi connectivity index (χ4n) is 2.39. The van der Waals surface area contributed by atoms with Crippen molar-refractivity contribution >= 4 is 11.8 Å². The Kier molecular flexibility index (Phi) is 3.17. The summed E-state index contributed by atoms with van der Waals surface area (Å²) in [6.07, 6.45) is 2.50. The van der Waals surface area contributed by atoms with Crippen LogP contribution in [0, 0.1) is 6.92 Å². The smallest absolute Gasteiger partial charge is 0.312 e. The number of Topliss-reactive ketones (excluding diaryl/α,β-unsaturated/α-hetero) is 1. The van der Waals surface area contributed by atoms with Gasteiger partial charge in [-0.3, -0.25) is 4.79 Å². The molecule has 0 unspecified atom stereocenters. The fraction of sp³-hybridized carbons (Fsp3) is 0.500. The van der Waals surface area contributed by atoms with Gasteiger partial charge in [-0.15, -0.1) is 0 Å². The number of nitrogens with zero attached hydrogens (tertiary/aromatic N) is 1. The zero-order valence-electron chi connectivity index (χ0n) is 9.95. The summed E-state index contributed by atoms with van der Waals surface area (Å²) in [4.78, 5) is 22.3. The number of carbonyl (C=O) groups is 2. The van der Waals surface area contributed by atoms with Crippen LogP contribution >= 0.6 is 0 Å². The van der Waals surface area contributed by atoms with Gasteiger partial charge in [0.15, 0.2) is 5.78 Å². The second-order valence-electron chi connectivity index (χ2n) is 4.37. The number of hydrogen-bond donors (Lipinski definition) is 2. The van der Waals surface area contributed by atoms with Crippen LogP contribution in [0.5, 0.6) is 0 Å². The molecule has 1 aromatic heterocycles. The lowest BCUT2D eigenvalue weighted by atomic mass is 9.97. The van der Waals surface area contributed by atoms with E-state index in [1.165, 1.54) is 0 Å². The largest absolute Gasteiger partial charge is 0.352 e. The summed E-state index contributed by atoms with van der Waals surface area (Å²) >= 11 is 0. The topological polar surface area (TPSA) is 77.1 Å². The zero-order chi connectivity index (χ0) is 12.4. The van der Waals surface area contributed by atoms with Crippen LogP contribution in [0.15, 0.2) is 6.07 Å². The summed E-state index contributed by atoms with van der Waals surface area (Å²) in [5.74, 6) is 0.232. The third-order valence-electron chi connectivity index (χ3n) is 3.17. The van der Waals surface area contributed by atoms with Gasteiger partial charge in [0, 0.05) is 36.5 Å². The van der Waals surface area contributed by atoms with E-state index in [0.717, 1.165) is 29.8 Å². The van der Waals surface area contributed by atoms with E-state index in [2.05, 4.69) is 9.88 Å².